The number of H-pyrrole nitrogens is 1. The molecule has 54 valence electrons. The lowest BCUT2D eigenvalue weighted by molar-refractivity contribution is 0.691. The highest BCUT2D eigenvalue weighted by atomic mass is 15.3. The number of rotatable bonds is 0. The molecule has 0 aromatic carbocycles. The van der Waals surface area contributed by atoms with E-state index in [1.165, 1.54) is 30.7 Å². The maximum absolute atomic E-state index is 4.01. The molecule has 0 radical (unpaired) electrons. The second-order valence-corrected chi connectivity index (χ2v) is 2.80. The third-order valence-corrected chi connectivity index (χ3v) is 2.04. The quantitative estimate of drug-likeness (QED) is 0.543. The minimum Gasteiger partial charge on any atom is -0.262 e. The van der Waals surface area contributed by atoms with Gasteiger partial charge in [-0.3, -0.25) is 5.10 Å². The van der Waals surface area contributed by atoms with E-state index in [9.17, 15) is 0 Å². The lowest BCUT2D eigenvalue weighted by Crippen LogP contribution is -1.87. The van der Waals surface area contributed by atoms with Crippen molar-refractivity contribution < 1.29 is 0 Å². The van der Waals surface area contributed by atoms with Crippen molar-refractivity contribution in [1.82, 2.24) is 15.4 Å². The van der Waals surface area contributed by atoms with Crippen LogP contribution < -0.4 is 0 Å². The zero-order valence-corrected chi connectivity index (χ0v) is 5.93. The summed E-state index contributed by atoms with van der Waals surface area (Å²) >= 11 is 0. The van der Waals surface area contributed by atoms with Gasteiger partial charge in [0.05, 0.1) is 11.4 Å². The van der Waals surface area contributed by atoms with Crippen molar-refractivity contribution in [2.75, 3.05) is 0 Å². The van der Waals surface area contributed by atoms with Crippen LogP contribution in [0.15, 0.2) is 0 Å². The third-order valence-electron chi connectivity index (χ3n) is 2.04. The fraction of sp³-hybridized carbons (Fsp3) is 0.714. The van der Waals surface area contributed by atoms with Crippen LogP contribution in [0.1, 0.15) is 30.7 Å². The van der Waals surface area contributed by atoms with Gasteiger partial charge in [-0.05, 0) is 25.7 Å². The van der Waals surface area contributed by atoms with Gasteiger partial charge in [-0.15, -0.1) is 5.10 Å². The van der Waals surface area contributed by atoms with Crippen LogP contribution >= 0.6 is 0 Å². The summed E-state index contributed by atoms with van der Waals surface area (Å²) in [6.07, 6.45) is 6.16. The average molecular weight is 137 g/mol. The number of hydrogen-bond donors (Lipinski definition) is 1. The molecule has 1 heterocycles. The molecule has 0 aliphatic heterocycles. The summed E-state index contributed by atoms with van der Waals surface area (Å²) in [5, 5.41) is 10.7. The van der Waals surface area contributed by atoms with E-state index < -0.39 is 0 Å². The van der Waals surface area contributed by atoms with Crippen LogP contribution in [0.2, 0.25) is 0 Å². The highest BCUT2D eigenvalue weighted by molar-refractivity contribution is 5.09. The number of aryl methyl sites for hydroxylation is 2. The van der Waals surface area contributed by atoms with Gasteiger partial charge in [0.1, 0.15) is 0 Å². The Morgan fingerprint density at radius 1 is 1.10 bits per heavy atom. The van der Waals surface area contributed by atoms with Crippen LogP contribution in [0.3, 0.4) is 0 Å². The highest BCUT2D eigenvalue weighted by Gasteiger charge is 2.09. The van der Waals surface area contributed by atoms with Gasteiger partial charge in [-0.1, -0.05) is 11.6 Å². The molecular weight excluding hydrogens is 126 g/mol. The Bertz CT molecular complexity index is 196. The van der Waals surface area contributed by atoms with E-state index in [1.54, 1.807) is 0 Å². The van der Waals surface area contributed by atoms with Gasteiger partial charge in [-0.2, -0.15) is 0 Å². The molecule has 0 atom stereocenters. The number of fused-ring (bicyclic) bond motifs is 1. The molecule has 1 aliphatic carbocycles. The molecule has 1 aliphatic rings. The smallest absolute Gasteiger partial charge is 0.0856 e. The van der Waals surface area contributed by atoms with Crippen molar-refractivity contribution >= 4 is 0 Å². The van der Waals surface area contributed by atoms with Crippen molar-refractivity contribution in [2.45, 2.75) is 32.1 Å². The van der Waals surface area contributed by atoms with Crippen molar-refractivity contribution in [2.24, 2.45) is 0 Å². The van der Waals surface area contributed by atoms with Gasteiger partial charge in [0.2, 0.25) is 0 Å². The first-order chi connectivity index (χ1) is 4.97. The second kappa shape index (κ2) is 2.40. The monoisotopic (exact) mass is 137 g/mol. The van der Waals surface area contributed by atoms with Crippen LogP contribution in [0.25, 0.3) is 0 Å². The molecule has 0 fully saturated rings. The molecule has 2 rings (SSSR count). The molecule has 0 unspecified atom stereocenters. The Balaban J connectivity index is 2.28. The molecule has 1 aromatic rings. The van der Waals surface area contributed by atoms with Gasteiger partial charge in [0, 0.05) is 0 Å². The predicted octanol–water partition coefficient (Wildman–Crippen LogP) is 1.07. The van der Waals surface area contributed by atoms with Crippen LogP contribution in [0.4, 0.5) is 0 Å². The van der Waals surface area contributed by atoms with Crippen LogP contribution in [-0.4, -0.2) is 15.4 Å². The number of hydrogen-bond acceptors (Lipinski definition) is 2. The van der Waals surface area contributed by atoms with Crippen LogP contribution in [0.5, 0.6) is 0 Å². The molecule has 0 saturated heterocycles. The highest BCUT2D eigenvalue weighted by Crippen LogP contribution is 2.15. The summed E-state index contributed by atoms with van der Waals surface area (Å²) in [6.45, 7) is 0. The van der Waals surface area contributed by atoms with Crippen molar-refractivity contribution in [3.63, 3.8) is 0 Å². The van der Waals surface area contributed by atoms with Crippen molar-refractivity contribution in [3.05, 3.63) is 11.4 Å². The first-order valence-corrected chi connectivity index (χ1v) is 3.85. The fourth-order valence-electron chi connectivity index (χ4n) is 1.44. The molecule has 0 spiro atoms. The van der Waals surface area contributed by atoms with Gasteiger partial charge in [0.25, 0.3) is 0 Å². The van der Waals surface area contributed by atoms with Crippen molar-refractivity contribution in [1.29, 1.82) is 0 Å². The normalized spacial score (nSPS) is 18.0. The summed E-state index contributed by atoms with van der Waals surface area (Å²) < 4.78 is 0. The Morgan fingerprint density at radius 3 is 3.00 bits per heavy atom. The maximum atomic E-state index is 4.01. The minimum absolute atomic E-state index is 1.12. The Labute approximate surface area is 59.8 Å². The minimum atomic E-state index is 1.12. The first kappa shape index (κ1) is 5.89. The number of nitrogens with one attached hydrogen (secondary N) is 1. The fourth-order valence-corrected chi connectivity index (χ4v) is 1.44. The number of aromatic nitrogens is 3. The number of nitrogens with zero attached hydrogens (tertiary/aromatic N) is 2. The zero-order chi connectivity index (χ0) is 6.81. The zero-order valence-electron chi connectivity index (χ0n) is 5.93. The lowest BCUT2D eigenvalue weighted by Gasteiger charge is -1.89. The van der Waals surface area contributed by atoms with Gasteiger partial charge in [-0.25, -0.2) is 0 Å². The standard InChI is InChI=1S/C7H11N3/c1-2-4-6-7(5-3-1)9-10-8-6/h1-5H2,(H,8,9,10). The number of aromatic amines is 1. The predicted molar refractivity (Wildman–Crippen MR) is 37.6 cm³/mol. The summed E-state index contributed by atoms with van der Waals surface area (Å²) in [7, 11) is 0. The lowest BCUT2D eigenvalue weighted by atomic mass is 10.2. The molecule has 1 N–H and O–H groups in total. The van der Waals surface area contributed by atoms with Gasteiger partial charge < -0.3 is 0 Å². The average Bonchev–Trinajstić information content (AvgIpc) is 2.28. The molecule has 3 heteroatoms. The first-order valence-electron chi connectivity index (χ1n) is 3.85. The van der Waals surface area contributed by atoms with E-state index >= 15 is 0 Å². The Morgan fingerprint density at radius 2 is 2.00 bits per heavy atom. The molecule has 10 heavy (non-hydrogen) atoms. The van der Waals surface area contributed by atoms with E-state index in [4.69, 9.17) is 0 Å². The summed E-state index contributed by atoms with van der Waals surface area (Å²) in [5.74, 6) is 0. The molecule has 0 amide bonds. The topological polar surface area (TPSA) is 41.6 Å². The van der Waals surface area contributed by atoms with E-state index in [1.807, 2.05) is 0 Å². The molecule has 0 bridgehead atoms. The van der Waals surface area contributed by atoms with Crippen LogP contribution in [0, 0.1) is 0 Å². The summed E-state index contributed by atoms with van der Waals surface area (Å²) in [5.41, 5.74) is 2.45. The van der Waals surface area contributed by atoms with E-state index in [0.29, 0.717) is 0 Å². The van der Waals surface area contributed by atoms with Crippen LogP contribution in [-0.2, 0) is 12.8 Å². The largest absolute Gasteiger partial charge is 0.262 e. The van der Waals surface area contributed by atoms with E-state index in [2.05, 4.69) is 15.4 Å². The molecule has 1 aromatic heterocycles. The molecule has 3 nitrogen and oxygen atoms in total. The second-order valence-electron chi connectivity index (χ2n) is 2.80. The third kappa shape index (κ3) is 0.916. The summed E-state index contributed by atoms with van der Waals surface area (Å²) in [6, 6.07) is 0. The molecular formula is C7H11N3. The van der Waals surface area contributed by atoms with Gasteiger partial charge in [0.15, 0.2) is 0 Å². The van der Waals surface area contributed by atoms with Gasteiger partial charge >= 0.3 is 0 Å². The van der Waals surface area contributed by atoms with E-state index in [-0.39, 0.29) is 0 Å². The van der Waals surface area contributed by atoms with Crippen molar-refractivity contribution in [3.8, 4) is 0 Å². The Hall–Kier alpha value is -0.860. The molecule has 0 saturated carbocycles. The Kier molecular flexibility index (Phi) is 1.42. The summed E-state index contributed by atoms with van der Waals surface area (Å²) in [4.78, 5) is 0. The van der Waals surface area contributed by atoms with E-state index in [0.717, 1.165) is 12.8 Å². The SMILES string of the molecule is C1CCc2nn[nH]c2CC1. The maximum Gasteiger partial charge on any atom is 0.0856 e.